The van der Waals surface area contributed by atoms with Crippen LogP contribution >= 0.6 is 0 Å². The number of hydrogen-bond acceptors (Lipinski definition) is 3. The van der Waals surface area contributed by atoms with Crippen LogP contribution in [0.4, 0.5) is 0 Å². The van der Waals surface area contributed by atoms with Crippen LogP contribution in [-0.2, 0) is 4.74 Å². The molecule has 2 heterocycles. The van der Waals surface area contributed by atoms with E-state index in [2.05, 4.69) is 10.6 Å². The summed E-state index contributed by atoms with van der Waals surface area (Å²) in [7, 11) is 0. The summed E-state index contributed by atoms with van der Waals surface area (Å²) in [5.41, 5.74) is 0. The minimum Gasteiger partial charge on any atom is -0.470 e. The minimum atomic E-state index is 0.145. The molecule has 0 spiro atoms. The second-order valence-electron chi connectivity index (χ2n) is 2.51. The second-order valence-corrected chi connectivity index (χ2v) is 2.51. The molecular weight excluding hydrogens is 154 g/mol. The van der Waals surface area contributed by atoms with Gasteiger partial charge in [-0.1, -0.05) is 0 Å². The molecule has 4 nitrogen and oxygen atoms in total. The highest BCUT2D eigenvalue weighted by Gasteiger charge is 2.15. The van der Waals surface area contributed by atoms with E-state index in [1.165, 1.54) is 0 Å². The molecule has 12 heavy (non-hydrogen) atoms. The Hall–Kier alpha value is -1.58. The minimum absolute atomic E-state index is 0.145. The van der Waals surface area contributed by atoms with Crippen LogP contribution in [0.5, 0.6) is 0 Å². The largest absolute Gasteiger partial charge is 0.470 e. The maximum absolute atomic E-state index is 4.91. The molecule has 2 rings (SSSR count). The summed E-state index contributed by atoms with van der Waals surface area (Å²) >= 11 is 0. The standard InChI is InChI=1S/C8H10N3O/c1-2-10-8(7-9-1)11-3-5-12-6-4-11/h1-6,8-9H,7H2. The van der Waals surface area contributed by atoms with Gasteiger partial charge in [0.25, 0.3) is 0 Å². The number of nitrogens with one attached hydrogen (secondary N) is 1. The van der Waals surface area contributed by atoms with Crippen molar-refractivity contribution >= 4 is 0 Å². The summed E-state index contributed by atoms with van der Waals surface area (Å²) in [6.07, 6.45) is 10.7. The van der Waals surface area contributed by atoms with Crippen LogP contribution in [0.25, 0.3) is 0 Å². The van der Waals surface area contributed by atoms with Crippen molar-refractivity contribution < 1.29 is 4.74 Å². The molecule has 0 saturated heterocycles. The fourth-order valence-electron chi connectivity index (χ4n) is 1.11. The van der Waals surface area contributed by atoms with Crippen molar-refractivity contribution in [3.8, 4) is 0 Å². The van der Waals surface area contributed by atoms with E-state index < -0.39 is 0 Å². The predicted molar refractivity (Wildman–Crippen MR) is 44.3 cm³/mol. The van der Waals surface area contributed by atoms with E-state index in [0.717, 1.165) is 6.54 Å². The van der Waals surface area contributed by atoms with Crippen LogP contribution in [0.2, 0.25) is 0 Å². The highest BCUT2D eigenvalue weighted by atomic mass is 16.5. The van der Waals surface area contributed by atoms with Gasteiger partial charge in [-0.3, -0.25) is 5.32 Å². The van der Waals surface area contributed by atoms with Gasteiger partial charge in [-0.05, 0) is 0 Å². The zero-order chi connectivity index (χ0) is 8.23. The molecule has 2 aliphatic rings. The van der Waals surface area contributed by atoms with Gasteiger partial charge in [0.15, 0.2) is 0 Å². The maximum atomic E-state index is 4.91. The van der Waals surface area contributed by atoms with E-state index in [4.69, 9.17) is 4.74 Å². The number of nitrogens with zero attached hydrogens (tertiary/aromatic N) is 2. The Labute approximate surface area is 71.2 Å². The first kappa shape index (κ1) is 7.09. The Kier molecular flexibility index (Phi) is 1.90. The molecule has 0 fully saturated rings. The number of rotatable bonds is 1. The van der Waals surface area contributed by atoms with E-state index >= 15 is 0 Å². The van der Waals surface area contributed by atoms with Gasteiger partial charge in [-0.15, -0.1) is 0 Å². The van der Waals surface area contributed by atoms with Crippen molar-refractivity contribution in [3.05, 3.63) is 37.3 Å². The van der Waals surface area contributed by atoms with E-state index in [0.29, 0.717) is 0 Å². The lowest BCUT2D eigenvalue weighted by Gasteiger charge is -2.28. The quantitative estimate of drug-likeness (QED) is 0.604. The van der Waals surface area contributed by atoms with Crippen LogP contribution < -0.4 is 10.6 Å². The smallest absolute Gasteiger partial charge is 0.142 e. The SMILES string of the molecule is C1=CNCC(N2C=COC=C2)[N]1. The number of ether oxygens (including phenoxy) is 1. The molecule has 0 aromatic heterocycles. The molecule has 0 aliphatic carbocycles. The molecule has 0 amide bonds. The first-order valence-electron chi connectivity index (χ1n) is 3.81. The number of hydrogen-bond donors (Lipinski definition) is 1. The van der Waals surface area contributed by atoms with Crippen LogP contribution in [-0.4, -0.2) is 17.6 Å². The molecule has 1 unspecified atom stereocenters. The lowest BCUT2D eigenvalue weighted by molar-refractivity contribution is 0.269. The molecule has 1 N–H and O–H groups in total. The molecule has 0 bridgehead atoms. The van der Waals surface area contributed by atoms with Crippen LogP contribution in [0.3, 0.4) is 0 Å². The molecule has 4 heteroatoms. The fraction of sp³-hybridized carbons (Fsp3) is 0.250. The normalized spacial score (nSPS) is 26.0. The first-order chi connectivity index (χ1) is 5.97. The van der Waals surface area contributed by atoms with Crippen LogP contribution in [0, 0.1) is 0 Å². The van der Waals surface area contributed by atoms with Gasteiger partial charge in [0.1, 0.15) is 18.7 Å². The molecular formula is C8H10N3O. The third kappa shape index (κ3) is 1.37. The molecule has 0 saturated carbocycles. The third-order valence-electron chi connectivity index (χ3n) is 1.72. The second kappa shape index (κ2) is 3.21. The van der Waals surface area contributed by atoms with Gasteiger partial charge in [0.2, 0.25) is 0 Å². The molecule has 1 atom stereocenters. The molecule has 2 aliphatic heterocycles. The van der Waals surface area contributed by atoms with Crippen molar-refractivity contribution in [1.82, 2.24) is 15.5 Å². The Morgan fingerprint density at radius 2 is 2.25 bits per heavy atom. The van der Waals surface area contributed by atoms with Gasteiger partial charge >= 0.3 is 0 Å². The Bertz CT molecular complexity index is 222. The summed E-state index contributed by atoms with van der Waals surface area (Å²) in [5, 5.41) is 7.39. The lowest BCUT2D eigenvalue weighted by atomic mass is 10.4. The van der Waals surface area contributed by atoms with Crippen molar-refractivity contribution in [2.75, 3.05) is 6.54 Å². The zero-order valence-electron chi connectivity index (χ0n) is 6.55. The molecule has 0 aromatic rings. The molecule has 0 aromatic carbocycles. The summed E-state index contributed by atoms with van der Waals surface area (Å²) < 4.78 is 4.91. The fourth-order valence-corrected chi connectivity index (χ4v) is 1.11. The summed E-state index contributed by atoms with van der Waals surface area (Å²) in [4.78, 5) is 1.99. The predicted octanol–water partition coefficient (Wildman–Crippen LogP) is 0.266. The zero-order valence-corrected chi connectivity index (χ0v) is 6.55. The average Bonchev–Trinajstić information content (AvgIpc) is 2.21. The van der Waals surface area contributed by atoms with Gasteiger partial charge in [-0.25, -0.2) is 0 Å². The first-order valence-corrected chi connectivity index (χ1v) is 3.81. The van der Waals surface area contributed by atoms with E-state index in [1.807, 2.05) is 23.5 Å². The average molecular weight is 164 g/mol. The molecule has 1 radical (unpaired) electrons. The maximum Gasteiger partial charge on any atom is 0.142 e. The summed E-state index contributed by atoms with van der Waals surface area (Å²) in [6, 6.07) is 0. The molecule has 63 valence electrons. The van der Waals surface area contributed by atoms with Crippen molar-refractivity contribution in [2.45, 2.75) is 6.17 Å². The monoisotopic (exact) mass is 164 g/mol. The Morgan fingerprint density at radius 1 is 1.42 bits per heavy atom. The van der Waals surface area contributed by atoms with Gasteiger partial charge in [0.05, 0.1) is 6.54 Å². The van der Waals surface area contributed by atoms with Crippen LogP contribution in [0.1, 0.15) is 0 Å². The van der Waals surface area contributed by atoms with E-state index in [1.54, 1.807) is 18.7 Å². The highest BCUT2D eigenvalue weighted by molar-refractivity contribution is 4.99. The van der Waals surface area contributed by atoms with Gasteiger partial charge in [0, 0.05) is 24.8 Å². The van der Waals surface area contributed by atoms with Crippen LogP contribution in [0.15, 0.2) is 37.3 Å². The third-order valence-corrected chi connectivity index (χ3v) is 1.72. The summed E-state index contributed by atoms with van der Waals surface area (Å²) in [5.74, 6) is 0. The van der Waals surface area contributed by atoms with Crippen molar-refractivity contribution in [2.24, 2.45) is 0 Å². The van der Waals surface area contributed by atoms with Crippen molar-refractivity contribution in [1.29, 1.82) is 0 Å². The highest BCUT2D eigenvalue weighted by Crippen LogP contribution is 2.06. The lowest BCUT2D eigenvalue weighted by Crippen LogP contribution is -2.43. The van der Waals surface area contributed by atoms with Gasteiger partial charge < -0.3 is 15.0 Å². The van der Waals surface area contributed by atoms with E-state index in [9.17, 15) is 0 Å². The Balaban J connectivity index is 1.98. The summed E-state index contributed by atoms with van der Waals surface area (Å²) in [6.45, 7) is 0.825. The topological polar surface area (TPSA) is 38.6 Å². The van der Waals surface area contributed by atoms with E-state index in [-0.39, 0.29) is 6.17 Å². The Morgan fingerprint density at radius 3 is 2.92 bits per heavy atom. The van der Waals surface area contributed by atoms with Gasteiger partial charge in [-0.2, -0.15) is 0 Å². The van der Waals surface area contributed by atoms with Crippen molar-refractivity contribution in [3.63, 3.8) is 0 Å².